The zero-order chi connectivity index (χ0) is 22.2. The first-order chi connectivity index (χ1) is 15.7. The summed E-state index contributed by atoms with van der Waals surface area (Å²) in [4.78, 5) is 19.8. The van der Waals surface area contributed by atoms with E-state index in [0.29, 0.717) is 13.1 Å². The van der Waals surface area contributed by atoms with Crippen molar-refractivity contribution in [2.45, 2.75) is 13.0 Å². The van der Waals surface area contributed by atoms with Crippen molar-refractivity contribution in [2.24, 2.45) is 0 Å². The largest absolute Gasteiger partial charge is 0.334 e. The average molecular weight is 440 g/mol. The fraction of sp³-hybridized carbons (Fsp3) is 0.120. The maximum absolute atomic E-state index is 13.0. The van der Waals surface area contributed by atoms with Gasteiger partial charge in [0.2, 0.25) is 5.91 Å². The maximum Gasteiger partial charge on any atom is 0.246 e. The van der Waals surface area contributed by atoms with Crippen LogP contribution in [0.4, 0.5) is 0 Å². The summed E-state index contributed by atoms with van der Waals surface area (Å²) in [7, 11) is 0. The monoisotopic (exact) mass is 439 g/mol. The van der Waals surface area contributed by atoms with Crippen LogP contribution in [-0.2, 0) is 11.3 Å². The third-order valence-electron chi connectivity index (χ3n) is 4.82. The molecular formula is C25H21N5OS. The van der Waals surface area contributed by atoms with Crippen LogP contribution in [0.25, 0.3) is 22.3 Å². The molecule has 0 aliphatic rings. The summed E-state index contributed by atoms with van der Waals surface area (Å²) in [6.07, 6.45) is 8.97. The Morgan fingerprint density at radius 1 is 1.16 bits per heavy atom. The highest BCUT2D eigenvalue weighted by molar-refractivity contribution is 7.13. The van der Waals surface area contributed by atoms with Crippen molar-refractivity contribution in [1.29, 1.82) is 5.26 Å². The molecule has 158 valence electrons. The maximum atomic E-state index is 13.0. The molecule has 0 atom stereocenters. The minimum atomic E-state index is -0.159. The summed E-state index contributed by atoms with van der Waals surface area (Å²) in [5.41, 5.74) is 3.54. The van der Waals surface area contributed by atoms with Gasteiger partial charge in [0.1, 0.15) is 5.69 Å². The Kier molecular flexibility index (Phi) is 6.85. The van der Waals surface area contributed by atoms with E-state index < -0.39 is 0 Å². The number of aromatic nitrogens is 3. The molecule has 0 aliphatic carbocycles. The van der Waals surface area contributed by atoms with E-state index in [2.05, 4.69) is 11.1 Å². The van der Waals surface area contributed by atoms with E-state index in [1.807, 2.05) is 70.9 Å². The van der Waals surface area contributed by atoms with Gasteiger partial charge in [-0.2, -0.15) is 10.4 Å². The molecule has 6 nitrogen and oxygen atoms in total. The minimum absolute atomic E-state index is 0.159. The number of nitrogens with zero attached hydrogens (tertiary/aromatic N) is 5. The number of nitriles is 1. The summed E-state index contributed by atoms with van der Waals surface area (Å²) < 4.78 is 1.82. The second-order valence-corrected chi connectivity index (χ2v) is 8.00. The molecule has 1 aromatic carbocycles. The summed E-state index contributed by atoms with van der Waals surface area (Å²) in [5.74, 6) is -0.159. The van der Waals surface area contributed by atoms with E-state index >= 15 is 0 Å². The first-order valence-electron chi connectivity index (χ1n) is 10.2. The molecular weight excluding hydrogens is 418 g/mol. The van der Waals surface area contributed by atoms with E-state index in [0.717, 1.165) is 27.4 Å². The van der Waals surface area contributed by atoms with E-state index in [-0.39, 0.29) is 12.3 Å². The van der Waals surface area contributed by atoms with Gasteiger partial charge >= 0.3 is 0 Å². The molecule has 0 saturated carbocycles. The van der Waals surface area contributed by atoms with Gasteiger partial charge in [-0.05, 0) is 41.3 Å². The van der Waals surface area contributed by atoms with Gasteiger partial charge in [-0.3, -0.25) is 9.78 Å². The van der Waals surface area contributed by atoms with E-state index in [1.54, 1.807) is 40.8 Å². The highest BCUT2D eigenvalue weighted by Crippen LogP contribution is 2.28. The van der Waals surface area contributed by atoms with Gasteiger partial charge in [0, 0.05) is 43.3 Å². The number of amides is 1. The van der Waals surface area contributed by atoms with Gasteiger partial charge in [0.05, 0.1) is 23.1 Å². The topological polar surface area (TPSA) is 74.8 Å². The molecule has 1 amide bonds. The van der Waals surface area contributed by atoms with Crippen molar-refractivity contribution < 1.29 is 4.79 Å². The van der Waals surface area contributed by atoms with E-state index in [4.69, 9.17) is 10.4 Å². The normalized spacial score (nSPS) is 10.8. The highest BCUT2D eigenvalue weighted by atomic mass is 32.1. The van der Waals surface area contributed by atoms with E-state index in [1.165, 1.54) is 0 Å². The van der Waals surface area contributed by atoms with Crippen LogP contribution in [0.5, 0.6) is 0 Å². The second-order valence-electron chi connectivity index (χ2n) is 7.05. The number of carbonyl (C=O) groups excluding carboxylic acids is 1. The Morgan fingerprint density at radius 3 is 2.75 bits per heavy atom. The fourth-order valence-electron chi connectivity index (χ4n) is 3.26. The van der Waals surface area contributed by atoms with Crippen molar-refractivity contribution in [2.75, 3.05) is 6.54 Å². The predicted octanol–water partition coefficient (Wildman–Crippen LogP) is 4.95. The lowest BCUT2D eigenvalue weighted by molar-refractivity contribution is -0.126. The number of para-hydroxylation sites is 1. The van der Waals surface area contributed by atoms with Crippen LogP contribution in [0.2, 0.25) is 0 Å². The molecule has 0 fully saturated rings. The molecule has 32 heavy (non-hydrogen) atoms. The molecule has 0 spiro atoms. The lowest BCUT2D eigenvalue weighted by atomic mass is 10.2. The lowest BCUT2D eigenvalue weighted by Gasteiger charge is -2.19. The lowest BCUT2D eigenvalue weighted by Crippen LogP contribution is -2.29. The van der Waals surface area contributed by atoms with Crippen LogP contribution in [0.15, 0.2) is 84.6 Å². The van der Waals surface area contributed by atoms with Crippen molar-refractivity contribution in [1.82, 2.24) is 19.7 Å². The van der Waals surface area contributed by atoms with Crippen molar-refractivity contribution in [3.8, 4) is 22.3 Å². The Morgan fingerprint density at radius 2 is 2.03 bits per heavy atom. The van der Waals surface area contributed by atoms with Crippen LogP contribution in [0.3, 0.4) is 0 Å². The molecule has 3 aromatic heterocycles. The van der Waals surface area contributed by atoms with Crippen LogP contribution in [-0.4, -0.2) is 32.1 Å². The Hall–Kier alpha value is -4.02. The standard InChI is InChI=1S/C25H21N5OS/c26-13-6-15-29(18-20-7-4-14-27-17-20)24(31)12-11-21-19-30(22-8-2-1-3-9-22)28-25(21)23-10-5-16-32-23/h1-5,7-12,14,16-17,19H,6,15,18H2. The number of rotatable bonds is 8. The van der Waals surface area contributed by atoms with Crippen LogP contribution < -0.4 is 0 Å². The first kappa shape index (κ1) is 21.2. The Labute approximate surface area is 190 Å². The van der Waals surface area contributed by atoms with Crippen LogP contribution in [0, 0.1) is 11.3 Å². The summed E-state index contributed by atoms with van der Waals surface area (Å²) in [6.45, 7) is 0.759. The molecule has 7 heteroatoms. The van der Waals surface area contributed by atoms with Gasteiger partial charge in [-0.15, -0.1) is 11.3 Å². The number of thiophene rings is 1. The molecule has 0 bridgehead atoms. The molecule has 0 radical (unpaired) electrons. The fourth-order valence-corrected chi connectivity index (χ4v) is 3.99. The third kappa shape index (κ3) is 5.17. The second kappa shape index (κ2) is 10.3. The molecule has 0 unspecified atom stereocenters. The van der Waals surface area contributed by atoms with E-state index in [9.17, 15) is 4.79 Å². The van der Waals surface area contributed by atoms with Crippen LogP contribution >= 0.6 is 11.3 Å². The molecule has 4 rings (SSSR count). The van der Waals surface area contributed by atoms with Gasteiger partial charge in [-0.25, -0.2) is 4.68 Å². The summed E-state index contributed by atoms with van der Waals surface area (Å²) in [5, 5.41) is 15.8. The molecule has 3 heterocycles. The molecule has 0 saturated heterocycles. The zero-order valence-corrected chi connectivity index (χ0v) is 18.2. The van der Waals surface area contributed by atoms with Gasteiger partial charge < -0.3 is 4.90 Å². The first-order valence-corrected chi connectivity index (χ1v) is 11.0. The van der Waals surface area contributed by atoms with Gasteiger partial charge in [0.25, 0.3) is 0 Å². The smallest absolute Gasteiger partial charge is 0.246 e. The van der Waals surface area contributed by atoms with Gasteiger partial charge in [-0.1, -0.05) is 30.3 Å². The number of hydrogen-bond acceptors (Lipinski definition) is 5. The number of pyridine rings is 1. The zero-order valence-electron chi connectivity index (χ0n) is 17.3. The quantitative estimate of drug-likeness (QED) is 0.364. The van der Waals surface area contributed by atoms with Crippen LogP contribution in [0.1, 0.15) is 17.5 Å². The summed E-state index contributed by atoms with van der Waals surface area (Å²) >= 11 is 1.60. The molecule has 0 N–H and O–H groups in total. The summed E-state index contributed by atoms with van der Waals surface area (Å²) in [6, 6.07) is 19.7. The minimum Gasteiger partial charge on any atom is -0.334 e. The van der Waals surface area contributed by atoms with Crippen molar-refractivity contribution in [3.63, 3.8) is 0 Å². The van der Waals surface area contributed by atoms with Gasteiger partial charge in [0.15, 0.2) is 0 Å². The Bertz CT molecular complexity index is 1220. The number of benzene rings is 1. The predicted molar refractivity (Wildman–Crippen MR) is 126 cm³/mol. The number of carbonyl (C=O) groups is 1. The van der Waals surface area contributed by atoms with Crippen molar-refractivity contribution >= 4 is 23.3 Å². The highest BCUT2D eigenvalue weighted by Gasteiger charge is 2.14. The Balaban J connectivity index is 1.61. The molecule has 0 aliphatic heterocycles. The SMILES string of the molecule is N#CCCN(Cc1cccnc1)C(=O)C=Cc1cn(-c2ccccc2)nc1-c1cccs1. The third-order valence-corrected chi connectivity index (χ3v) is 5.70. The average Bonchev–Trinajstić information content (AvgIpc) is 3.51. The number of hydrogen-bond donors (Lipinski definition) is 0. The molecule has 4 aromatic rings. The van der Waals surface area contributed by atoms with Crippen molar-refractivity contribution in [3.05, 3.63) is 95.8 Å².